The Morgan fingerprint density at radius 2 is 2.11 bits per heavy atom. The van der Waals surface area contributed by atoms with Gasteiger partial charge in [-0.2, -0.15) is 4.31 Å². The number of piperazine rings is 1. The van der Waals surface area contributed by atoms with Gasteiger partial charge in [0.15, 0.2) is 5.03 Å². The molecule has 0 aromatic carbocycles. The second-order valence-electron chi connectivity index (χ2n) is 4.72. The highest BCUT2D eigenvalue weighted by Gasteiger charge is 2.45. The number of aryl methyl sites for hydroxylation is 1. The van der Waals surface area contributed by atoms with Crippen LogP contribution < -0.4 is 5.32 Å². The maximum absolute atomic E-state index is 12.4. The average Bonchev–Trinajstić information content (AvgIpc) is 2.69. The Hall–Kier alpha value is -1.41. The van der Waals surface area contributed by atoms with Crippen molar-refractivity contribution in [2.75, 3.05) is 13.1 Å². The highest BCUT2D eigenvalue weighted by molar-refractivity contribution is 7.89. The fourth-order valence-corrected chi connectivity index (χ4v) is 3.66. The van der Waals surface area contributed by atoms with Crippen molar-refractivity contribution in [3.8, 4) is 0 Å². The summed E-state index contributed by atoms with van der Waals surface area (Å²) in [6.07, 6.45) is 1.27. The molecule has 7 nitrogen and oxygen atoms in total. The number of carbonyl (C=O) groups excluding carboxylic acids is 1. The van der Waals surface area contributed by atoms with Gasteiger partial charge in [-0.15, -0.1) is 0 Å². The third-order valence-electron chi connectivity index (χ3n) is 3.03. The van der Waals surface area contributed by atoms with Crippen molar-refractivity contribution >= 4 is 15.9 Å². The number of amides is 1. The van der Waals surface area contributed by atoms with Gasteiger partial charge < -0.3 is 10.3 Å². The predicted molar refractivity (Wildman–Crippen MR) is 64.3 cm³/mol. The molecular weight excluding hydrogens is 256 g/mol. The van der Waals surface area contributed by atoms with E-state index >= 15 is 0 Å². The molecule has 100 valence electrons. The minimum atomic E-state index is -3.73. The Labute approximate surface area is 106 Å². The molecule has 1 fully saturated rings. The van der Waals surface area contributed by atoms with Crippen molar-refractivity contribution in [2.24, 2.45) is 0 Å². The Morgan fingerprint density at radius 3 is 2.67 bits per heavy atom. The first-order chi connectivity index (χ1) is 8.26. The van der Waals surface area contributed by atoms with E-state index in [4.69, 9.17) is 0 Å². The lowest BCUT2D eigenvalue weighted by Gasteiger charge is -2.39. The third-order valence-corrected chi connectivity index (χ3v) is 5.01. The van der Waals surface area contributed by atoms with Gasteiger partial charge in [0.05, 0.1) is 6.20 Å². The molecule has 0 radical (unpaired) electrons. The summed E-state index contributed by atoms with van der Waals surface area (Å²) in [5.74, 6) is 0.224. The molecule has 0 unspecified atom stereocenters. The fourth-order valence-electron chi connectivity index (χ4n) is 1.95. The number of sulfonamides is 1. The van der Waals surface area contributed by atoms with Gasteiger partial charge in [0.1, 0.15) is 11.4 Å². The van der Waals surface area contributed by atoms with Gasteiger partial charge in [0, 0.05) is 13.1 Å². The summed E-state index contributed by atoms with van der Waals surface area (Å²) in [4.78, 5) is 18.3. The highest BCUT2D eigenvalue weighted by Crippen LogP contribution is 2.25. The van der Waals surface area contributed by atoms with E-state index in [-0.39, 0.29) is 17.5 Å². The van der Waals surface area contributed by atoms with Crippen LogP contribution in [-0.2, 0) is 14.8 Å². The molecule has 0 spiro atoms. The molecule has 1 aliphatic rings. The average molecular weight is 272 g/mol. The van der Waals surface area contributed by atoms with E-state index in [1.165, 1.54) is 10.5 Å². The topological polar surface area (TPSA) is 95.2 Å². The van der Waals surface area contributed by atoms with Crippen molar-refractivity contribution in [1.82, 2.24) is 19.6 Å². The maximum atomic E-state index is 12.4. The first kappa shape index (κ1) is 13.0. The number of rotatable bonds is 2. The van der Waals surface area contributed by atoms with E-state index in [1.807, 2.05) is 0 Å². The lowest BCUT2D eigenvalue weighted by Crippen LogP contribution is -2.63. The van der Waals surface area contributed by atoms with Crippen LogP contribution in [0.2, 0.25) is 0 Å². The molecule has 2 heterocycles. The smallest absolute Gasteiger partial charge is 0.261 e. The van der Waals surface area contributed by atoms with Crippen LogP contribution in [0.4, 0.5) is 0 Å². The van der Waals surface area contributed by atoms with Gasteiger partial charge >= 0.3 is 0 Å². The maximum Gasteiger partial charge on any atom is 0.261 e. The number of aromatic nitrogens is 2. The second-order valence-corrected chi connectivity index (χ2v) is 6.56. The number of H-pyrrole nitrogens is 1. The lowest BCUT2D eigenvalue weighted by atomic mass is 10.0. The van der Waals surface area contributed by atoms with Crippen LogP contribution in [0.15, 0.2) is 11.2 Å². The van der Waals surface area contributed by atoms with Crippen molar-refractivity contribution in [3.05, 3.63) is 12.0 Å². The zero-order valence-corrected chi connectivity index (χ0v) is 11.3. The van der Waals surface area contributed by atoms with Crippen molar-refractivity contribution in [3.63, 3.8) is 0 Å². The number of nitrogens with one attached hydrogen (secondary N) is 2. The number of hydrogen-bond donors (Lipinski definition) is 2. The van der Waals surface area contributed by atoms with Gasteiger partial charge in [0.2, 0.25) is 5.91 Å². The van der Waals surface area contributed by atoms with Crippen molar-refractivity contribution in [1.29, 1.82) is 0 Å². The minimum Gasteiger partial charge on any atom is -0.353 e. The van der Waals surface area contributed by atoms with Crippen molar-refractivity contribution in [2.45, 2.75) is 31.3 Å². The molecule has 1 aliphatic heterocycles. The number of imidazole rings is 1. The van der Waals surface area contributed by atoms with Crippen LogP contribution in [0.25, 0.3) is 0 Å². The zero-order chi connectivity index (χ0) is 13.6. The van der Waals surface area contributed by atoms with E-state index in [9.17, 15) is 13.2 Å². The Bertz CT molecular complexity index is 576. The van der Waals surface area contributed by atoms with Crippen LogP contribution >= 0.6 is 0 Å². The van der Waals surface area contributed by atoms with E-state index in [2.05, 4.69) is 15.3 Å². The standard InChI is InChI=1S/C10H16N4O3S/c1-7-12-6-8(13-7)18(16,17)14-5-4-11-9(15)10(14,2)3/h6H,4-5H2,1-3H3,(H,11,15)(H,12,13). The molecular formula is C10H16N4O3S. The Kier molecular flexibility index (Phi) is 2.94. The van der Waals surface area contributed by atoms with Gasteiger partial charge in [-0.3, -0.25) is 4.79 Å². The van der Waals surface area contributed by atoms with E-state index in [1.54, 1.807) is 20.8 Å². The molecule has 1 saturated heterocycles. The van der Waals surface area contributed by atoms with Gasteiger partial charge in [-0.1, -0.05) is 0 Å². The normalized spacial score (nSPS) is 20.7. The van der Waals surface area contributed by atoms with Crippen LogP contribution in [-0.4, -0.2) is 47.2 Å². The SMILES string of the molecule is Cc1ncc(S(=O)(=O)N2CCNC(=O)C2(C)C)[nH]1. The molecule has 8 heteroatoms. The summed E-state index contributed by atoms with van der Waals surface area (Å²) < 4.78 is 26.1. The molecule has 0 atom stereocenters. The first-order valence-electron chi connectivity index (χ1n) is 5.59. The number of carbonyl (C=O) groups is 1. The molecule has 0 bridgehead atoms. The first-order valence-corrected chi connectivity index (χ1v) is 7.03. The Morgan fingerprint density at radius 1 is 1.44 bits per heavy atom. The number of aromatic amines is 1. The van der Waals surface area contributed by atoms with Crippen LogP contribution in [0.5, 0.6) is 0 Å². The third kappa shape index (κ3) is 1.91. The quantitative estimate of drug-likeness (QED) is 0.767. The molecule has 1 amide bonds. The highest BCUT2D eigenvalue weighted by atomic mass is 32.2. The molecule has 18 heavy (non-hydrogen) atoms. The molecule has 0 saturated carbocycles. The van der Waals surface area contributed by atoms with E-state index in [0.29, 0.717) is 12.4 Å². The summed E-state index contributed by atoms with van der Waals surface area (Å²) in [5, 5.41) is 2.68. The number of hydrogen-bond acceptors (Lipinski definition) is 4. The second kappa shape index (κ2) is 4.06. The van der Waals surface area contributed by atoms with Crippen LogP contribution in [0.1, 0.15) is 19.7 Å². The largest absolute Gasteiger partial charge is 0.353 e. The zero-order valence-electron chi connectivity index (χ0n) is 10.5. The summed E-state index contributed by atoms with van der Waals surface area (Å²) in [6.45, 7) is 5.41. The van der Waals surface area contributed by atoms with Crippen LogP contribution in [0.3, 0.4) is 0 Å². The number of nitrogens with zero attached hydrogens (tertiary/aromatic N) is 2. The van der Waals surface area contributed by atoms with E-state index in [0.717, 1.165) is 0 Å². The Balaban J connectivity index is 2.44. The predicted octanol–water partition coefficient (Wildman–Crippen LogP) is -0.383. The van der Waals surface area contributed by atoms with Crippen LogP contribution in [0, 0.1) is 6.92 Å². The van der Waals surface area contributed by atoms with E-state index < -0.39 is 15.6 Å². The summed E-state index contributed by atoms with van der Waals surface area (Å²) in [7, 11) is -3.73. The van der Waals surface area contributed by atoms with Gasteiger partial charge in [-0.05, 0) is 20.8 Å². The molecule has 1 aromatic heterocycles. The summed E-state index contributed by atoms with van der Waals surface area (Å²) in [5.41, 5.74) is -1.10. The fraction of sp³-hybridized carbons (Fsp3) is 0.600. The molecule has 2 rings (SSSR count). The summed E-state index contributed by atoms with van der Waals surface area (Å²) >= 11 is 0. The van der Waals surface area contributed by atoms with Gasteiger partial charge in [-0.25, -0.2) is 13.4 Å². The molecule has 2 N–H and O–H groups in total. The van der Waals surface area contributed by atoms with Crippen molar-refractivity contribution < 1.29 is 13.2 Å². The molecule has 0 aliphatic carbocycles. The van der Waals surface area contributed by atoms with Gasteiger partial charge in [0.25, 0.3) is 10.0 Å². The monoisotopic (exact) mass is 272 g/mol. The lowest BCUT2D eigenvalue weighted by molar-refractivity contribution is -0.131. The summed E-state index contributed by atoms with van der Waals surface area (Å²) in [6, 6.07) is 0. The minimum absolute atomic E-state index is 0.0165. The molecule has 1 aromatic rings.